The van der Waals surface area contributed by atoms with Crippen molar-refractivity contribution in [3.05, 3.63) is 65.7 Å². The second kappa shape index (κ2) is 7.70. The molecule has 132 valence electrons. The Morgan fingerprint density at radius 3 is 2.56 bits per heavy atom. The maximum absolute atomic E-state index is 13.0. The van der Waals surface area contributed by atoms with Gasteiger partial charge in [-0.05, 0) is 36.0 Å². The molecule has 2 aromatic rings. The number of rotatable bonds is 7. The molecule has 0 heterocycles. The summed E-state index contributed by atoms with van der Waals surface area (Å²) in [6.07, 6.45) is 1.39. The fourth-order valence-corrected chi connectivity index (χ4v) is 3.58. The largest absolute Gasteiger partial charge is 0.496 e. The van der Waals surface area contributed by atoms with Gasteiger partial charge in [0.1, 0.15) is 5.75 Å². The van der Waals surface area contributed by atoms with E-state index < -0.39 is 0 Å². The van der Waals surface area contributed by atoms with Crippen molar-refractivity contribution >= 4 is 5.91 Å². The van der Waals surface area contributed by atoms with Crippen molar-refractivity contribution < 1.29 is 14.6 Å². The Labute approximate surface area is 149 Å². The lowest BCUT2D eigenvalue weighted by Gasteiger charge is -2.28. The average Bonchev–Trinajstić information content (AvgIpc) is 3.46. The quantitative estimate of drug-likeness (QED) is 0.841. The highest BCUT2D eigenvalue weighted by Gasteiger charge is 2.47. The summed E-state index contributed by atoms with van der Waals surface area (Å²) in [6, 6.07) is 17.7. The highest BCUT2D eigenvalue weighted by molar-refractivity contribution is 5.83. The van der Waals surface area contributed by atoms with E-state index in [0.29, 0.717) is 6.42 Å². The molecular formula is C21H25NO3. The third kappa shape index (κ3) is 3.69. The summed E-state index contributed by atoms with van der Waals surface area (Å²) in [4.78, 5) is 14.8. The highest BCUT2D eigenvalue weighted by atomic mass is 16.5. The number of aliphatic hydroxyl groups excluding tert-OH is 1. The standard InChI is InChI=1S/C21H25NO3/c1-22(19(12-13-23)15-8-4-3-5-9-15)21(24)18-14-17(18)16-10-6-7-11-20(16)25-2/h3-11,17-19,23H,12-14H2,1-2H3. The first kappa shape index (κ1) is 17.5. The minimum atomic E-state index is -0.0994. The Morgan fingerprint density at radius 2 is 1.88 bits per heavy atom. The Bertz CT molecular complexity index is 716. The van der Waals surface area contributed by atoms with E-state index in [4.69, 9.17) is 4.74 Å². The number of nitrogens with zero attached hydrogens (tertiary/aromatic N) is 1. The van der Waals surface area contributed by atoms with Gasteiger partial charge in [0, 0.05) is 19.6 Å². The normalized spacial score (nSPS) is 20.0. The Balaban J connectivity index is 1.74. The van der Waals surface area contributed by atoms with Crippen molar-refractivity contribution in [3.8, 4) is 5.75 Å². The maximum atomic E-state index is 13.0. The van der Waals surface area contributed by atoms with Gasteiger partial charge in [0.05, 0.1) is 13.2 Å². The van der Waals surface area contributed by atoms with Crippen LogP contribution in [0.25, 0.3) is 0 Å². The summed E-state index contributed by atoms with van der Waals surface area (Å²) in [7, 11) is 3.50. The molecule has 0 aliphatic heterocycles. The van der Waals surface area contributed by atoms with Gasteiger partial charge in [-0.15, -0.1) is 0 Å². The molecule has 1 saturated carbocycles. The maximum Gasteiger partial charge on any atom is 0.226 e. The number of amides is 1. The van der Waals surface area contributed by atoms with Gasteiger partial charge in [-0.1, -0.05) is 48.5 Å². The minimum absolute atomic E-state index is 0.00814. The topological polar surface area (TPSA) is 49.8 Å². The SMILES string of the molecule is COc1ccccc1C1CC1C(=O)N(C)C(CCO)c1ccccc1. The molecule has 1 amide bonds. The zero-order valence-electron chi connectivity index (χ0n) is 14.8. The van der Waals surface area contributed by atoms with Crippen LogP contribution < -0.4 is 4.74 Å². The second-order valence-electron chi connectivity index (χ2n) is 6.58. The summed E-state index contributed by atoms with van der Waals surface area (Å²) in [6.45, 7) is 0.0534. The fraction of sp³-hybridized carbons (Fsp3) is 0.381. The summed E-state index contributed by atoms with van der Waals surface area (Å²) in [5.74, 6) is 1.20. The smallest absolute Gasteiger partial charge is 0.226 e. The van der Waals surface area contributed by atoms with Crippen LogP contribution in [0.3, 0.4) is 0 Å². The van der Waals surface area contributed by atoms with Crippen LogP contribution in [0.4, 0.5) is 0 Å². The van der Waals surface area contributed by atoms with Crippen molar-refractivity contribution in [1.29, 1.82) is 0 Å². The minimum Gasteiger partial charge on any atom is -0.496 e. The third-order valence-electron chi connectivity index (χ3n) is 5.05. The molecule has 4 heteroatoms. The molecule has 3 unspecified atom stereocenters. The monoisotopic (exact) mass is 339 g/mol. The molecule has 1 aliphatic rings. The Kier molecular flexibility index (Phi) is 5.39. The van der Waals surface area contributed by atoms with Crippen LogP contribution in [0.15, 0.2) is 54.6 Å². The van der Waals surface area contributed by atoms with Gasteiger partial charge in [-0.25, -0.2) is 0 Å². The van der Waals surface area contributed by atoms with Crippen LogP contribution in [0.5, 0.6) is 5.75 Å². The lowest BCUT2D eigenvalue weighted by molar-refractivity contribution is -0.133. The molecule has 0 radical (unpaired) electrons. The first-order valence-electron chi connectivity index (χ1n) is 8.72. The lowest BCUT2D eigenvalue weighted by Crippen LogP contribution is -2.33. The van der Waals surface area contributed by atoms with Crippen molar-refractivity contribution in [3.63, 3.8) is 0 Å². The van der Waals surface area contributed by atoms with Crippen LogP contribution in [0.2, 0.25) is 0 Å². The molecule has 1 N–H and O–H groups in total. The molecule has 0 saturated heterocycles. The van der Waals surface area contributed by atoms with E-state index >= 15 is 0 Å². The van der Waals surface area contributed by atoms with E-state index in [2.05, 4.69) is 0 Å². The van der Waals surface area contributed by atoms with Crippen LogP contribution in [-0.2, 0) is 4.79 Å². The summed E-state index contributed by atoms with van der Waals surface area (Å²) in [5.41, 5.74) is 2.16. The van der Waals surface area contributed by atoms with Gasteiger partial charge in [-0.3, -0.25) is 4.79 Å². The van der Waals surface area contributed by atoms with Gasteiger partial charge in [-0.2, -0.15) is 0 Å². The van der Waals surface area contributed by atoms with Crippen molar-refractivity contribution in [1.82, 2.24) is 4.90 Å². The highest BCUT2D eigenvalue weighted by Crippen LogP contribution is 2.51. The number of carbonyl (C=O) groups is 1. The number of benzene rings is 2. The van der Waals surface area contributed by atoms with Gasteiger partial charge >= 0.3 is 0 Å². The molecule has 0 aromatic heterocycles. The van der Waals surface area contributed by atoms with E-state index in [9.17, 15) is 9.90 Å². The van der Waals surface area contributed by atoms with Gasteiger partial charge < -0.3 is 14.7 Å². The van der Waals surface area contributed by atoms with Crippen LogP contribution in [-0.4, -0.2) is 36.7 Å². The first-order valence-corrected chi connectivity index (χ1v) is 8.72. The summed E-state index contributed by atoms with van der Waals surface area (Å²) in [5, 5.41) is 9.43. The second-order valence-corrected chi connectivity index (χ2v) is 6.58. The zero-order valence-corrected chi connectivity index (χ0v) is 14.8. The molecule has 0 spiro atoms. The summed E-state index contributed by atoms with van der Waals surface area (Å²) >= 11 is 0. The van der Waals surface area contributed by atoms with Crippen molar-refractivity contribution in [2.75, 3.05) is 20.8 Å². The lowest BCUT2D eigenvalue weighted by atomic mass is 10.0. The van der Waals surface area contributed by atoms with E-state index in [0.717, 1.165) is 23.3 Å². The molecule has 1 aliphatic carbocycles. The molecule has 3 atom stereocenters. The Morgan fingerprint density at radius 1 is 1.20 bits per heavy atom. The molecule has 4 nitrogen and oxygen atoms in total. The van der Waals surface area contributed by atoms with E-state index in [-0.39, 0.29) is 30.4 Å². The predicted molar refractivity (Wildman–Crippen MR) is 97.5 cm³/mol. The zero-order chi connectivity index (χ0) is 17.8. The molecule has 25 heavy (non-hydrogen) atoms. The number of methoxy groups -OCH3 is 1. The number of para-hydroxylation sites is 1. The molecule has 1 fully saturated rings. The molecule has 2 aromatic carbocycles. The van der Waals surface area contributed by atoms with Crippen LogP contribution in [0, 0.1) is 5.92 Å². The average molecular weight is 339 g/mol. The number of hydrogen-bond donors (Lipinski definition) is 1. The van der Waals surface area contributed by atoms with E-state index in [1.54, 1.807) is 12.0 Å². The number of carbonyl (C=O) groups excluding carboxylic acids is 1. The first-order chi connectivity index (χ1) is 12.2. The molecule has 3 rings (SSSR count). The number of hydrogen-bond acceptors (Lipinski definition) is 3. The molecule has 0 bridgehead atoms. The molecular weight excluding hydrogens is 314 g/mol. The van der Waals surface area contributed by atoms with Crippen LogP contribution >= 0.6 is 0 Å². The van der Waals surface area contributed by atoms with Crippen molar-refractivity contribution in [2.24, 2.45) is 5.92 Å². The Hall–Kier alpha value is -2.33. The van der Waals surface area contributed by atoms with Gasteiger partial charge in [0.25, 0.3) is 0 Å². The summed E-state index contributed by atoms with van der Waals surface area (Å²) < 4.78 is 5.43. The van der Waals surface area contributed by atoms with Crippen molar-refractivity contribution in [2.45, 2.75) is 24.8 Å². The number of ether oxygens (including phenoxy) is 1. The fourth-order valence-electron chi connectivity index (χ4n) is 3.58. The van der Waals surface area contributed by atoms with E-state index in [1.807, 2.05) is 61.6 Å². The van der Waals surface area contributed by atoms with E-state index in [1.165, 1.54) is 0 Å². The van der Waals surface area contributed by atoms with Crippen LogP contribution in [0.1, 0.15) is 35.9 Å². The third-order valence-corrected chi connectivity index (χ3v) is 5.05. The predicted octanol–water partition coefficient (Wildman–Crippen LogP) is 3.38. The number of aliphatic hydroxyl groups is 1. The van der Waals surface area contributed by atoms with Gasteiger partial charge in [0.15, 0.2) is 0 Å². The van der Waals surface area contributed by atoms with Gasteiger partial charge in [0.2, 0.25) is 5.91 Å².